The van der Waals surface area contributed by atoms with Crippen LogP contribution in [-0.2, 0) is 9.47 Å². The Morgan fingerprint density at radius 1 is 1.39 bits per heavy atom. The lowest BCUT2D eigenvalue weighted by molar-refractivity contribution is 0.0186. The highest BCUT2D eigenvalue weighted by molar-refractivity contribution is 5.67. The minimum absolute atomic E-state index is 0.0613. The second kappa shape index (κ2) is 6.98. The number of ether oxygens (including phenoxy) is 2. The molecule has 4 heteroatoms. The molecule has 0 aromatic carbocycles. The molecule has 1 amide bonds. The van der Waals surface area contributed by atoms with Crippen molar-refractivity contribution in [1.82, 2.24) is 5.32 Å². The summed E-state index contributed by atoms with van der Waals surface area (Å²) in [6, 6.07) is 0. The summed E-state index contributed by atoms with van der Waals surface area (Å²) in [6.07, 6.45) is 3.74. The smallest absolute Gasteiger partial charge is 0.407 e. The summed E-state index contributed by atoms with van der Waals surface area (Å²) in [5.41, 5.74) is 0.276. The molecule has 1 rings (SSSR count). The molecule has 1 aliphatic rings. The highest BCUT2D eigenvalue weighted by Gasteiger charge is 2.33. The number of methoxy groups -OCH3 is 1. The third kappa shape index (κ3) is 5.71. The molecule has 2 unspecified atom stereocenters. The SMILES string of the molecule is COCCCNC(=O)OC1CC(C)CC(C)(C)C1. The maximum absolute atomic E-state index is 11.6. The average Bonchev–Trinajstić information content (AvgIpc) is 2.21. The van der Waals surface area contributed by atoms with E-state index in [4.69, 9.17) is 9.47 Å². The first-order valence-corrected chi connectivity index (χ1v) is 6.86. The van der Waals surface area contributed by atoms with Crippen molar-refractivity contribution >= 4 is 6.09 Å². The quantitative estimate of drug-likeness (QED) is 0.770. The molecule has 0 saturated heterocycles. The Hall–Kier alpha value is -0.770. The standard InChI is InChI=1S/C14H27NO3/c1-11-8-12(10-14(2,3)9-11)18-13(16)15-6-5-7-17-4/h11-12H,5-10H2,1-4H3,(H,15,16). The zero-order chi connectivity index (χ0) is 13.6. The van der Waals surface area contributed by atoms with Crippen LogP contribution < -0.4 is 5.32 Å². The van der Waals surface area contributed by atoms with E-state index in [0.29, 0.717) is 19.1 Å². The van der Waals surface area contributed by atoms with Gasteiger partial charge in [0.15, 0.2) is 0 Å². The molecule has 106 valence electrons. The Bertz CT molecular complexity index is 266. The van der Waals surface area contributed by atoms with E-state index in [1.165, 1.54) is 6.42 Å². The number of nitrogens with one attached hydrogen (secondary N) is 1. The minimum Gasteiger partial charge on any atom is -0.446 e. The van der Waals surface area contributed by atoms with Crippen LogP contribution in [0.15, 0.2) is 0 Å². The van der Waals surface area contributed by atoms with Crippen LogP contribution in [-0.4, -0.2) is 32.5 Å². The monoisotopic (exact) mass is 257 g/mol. The fourth-order valence-corrected chi connectivity index (χ4v) is 2.95. The third-order valence-corrected chi connectivity index (χ3v) is 3.41. The molecule has 4 nitrogen and oxygen atoms in total. The van der Waals surface area contributed by atoms with E-state index in [1.54, 1.807) is 7.11 Å². The molecule has 0 spiro atoms. The van der Waals surface area contributed by atoms with Crippen LogP contribution >= 0.6 is 0 Å². The molecule has 2 atom stereocenters. The summed E-state index contributed by atoms with van der Waals surface area (Å²) in [7, 11) is 1.66. The van der Waals surface area contributed by atoms with Gasteiger partial charge in [-0.1, -0.05) is 20.8 Å². The Morgan fingerprint density at radius 2 is 2.11 bits per heavy atom. The van der Waals surface area contributed by atoms with E-state index in [1.807, 2.05) is 0 Å². The number of carbonyl (C=O) groups excluding carboxylic acids is 1. The van der Waals surface area contributed by atoms with Crippen molar-refractivity contribution < 1.29 is 14.3 Å². The van der Waals surface area contributed by atoms with Crippen molar-refractivity contribution in [3.05, 3.63) is 0 Å². The van der Waals surface area contributed by atoms with Gasteiger partial charge in [0.05, 0.1) is 0 Å². The number of hydrogen-bond donors (Lipinski definition) is 1. The highest BCUT2D eigenvalue weighted by Crippen LogP contribution is 2.39. The van der Waals surface area contributed by atoms with Crippen molar-refractivity contribution in [2.45, 2.75) is 52.6 Å². The van der Waals surface area contributed by atoms with Gasteiger partial charge >= 0.3 is 6.09 Å². The summed E-state index contributed by atoms with van der Waals surface area (Å²) < 4.78 is 10.4. The fourth-order valence-electron chi connectivity index (χ4n) is 2.95. The molecular formula is C14H27NO3. The number of alkyl carbamates (subject to hydrolysis) is 1. The van der Waals surface area contributed by atoms with E-state index in [9.17, 15) is 4.79 Å². The highest BCUT2D eigenvalue weighted by atomic mass is 16.6. The molecule has 0 aromatic rings. The molecular weight excluding hydrogens is 230 g/mol. The molecule has 0 aliphatic heterocycles. The first-order valence-electron chi connectivity index (χ1n) is 6.86. The largest absolute Gasteiger partial charge is 0.446 e. The topological polar surface area (TPSA) is 47.6 Å². The molecule has 0 aromatic heterocycles. The third-order valence-electron chi connectivity index (χ3n) is 3.41. The zero-order valence-corrected chi connectivity index (χ0v) is 12.1. The van der Waals surface area contributed by atoms with E-state index in [0.717, 1.165) is 19.3 Å². The van der Waals surface area contributed by atoms with Gasteiger partial charge in [-0.3, -0.25) is 0 Å². The van der Waals surface area contributed by atoms with Gasteiger partial charge < -0.3 is 14.8 Å². The van der Waals surface area contributed by atoms with Gasteiger partial charge in [-0.15, -0.1) is 0 Å². The summed E-state index contributed by atoms with van der Waals surface area (Å²) in [6.45, 7) is 7.99. The van der Waals surface area contributed by atoms with Crippen LogP contribution in [0, 0.1) is 11.3 Å². The Morgan fingerprint density at radius 3 is 2.72 bits per heavy atom. The first-order chi connectivity index (χ1) is 8.43. The summed E-state index contributed by atoms with van der Waals surface area (Å²) in [5, 5.41) is 2.77. The first kappa shape index (κ1) is 15.3. The van der Waals surface area contributed by atoms with Crippen LogP contribution in [0.25, 0.3) is 0 Å². The van der Waals surface area contributed by atoms with Crippen LogP contribution in [0.1, 0.15) is 46.5 Å². The molecule has 0 bridgehead atoms. The van der Waals surface area contributed by atoms with Crippen molar-refractivity contribution in [3.8, 4) is 0 Å². The van der Waals surface area contributed by atoms with E-state index in [2.05, 4.69) is 26.1 Å². The Labute approximate surface area is 110 Å². The summed E-state index contributed by atoms with van der Waals surface area (Å²) in [4.78, 5) is 11.6. The van der Waals surface area contributed by atoms with Gasteiger partial charge in [0.2, 0.25) is 0 Å². The van der Waals surface area contributed by atoms with Gasteiger partial charge in [0, 0.05) is 20.3 Å². The number of amides is 1. The van der Waals surface area contributed by atoms with Gasteiger partial charge in [-0.05, 0) is 37.0 Å². The second-order valence-electron chi connectivity index (χ2n) is 6.21. The van der Waals surface area contributed by atoms with Crippen LogP contribution in [0.2, 0.25) is 0 Å². The lowest BCUT2D eigenvalue weighted by Gasteiger charge is -2.38. The van der Waals surface area contributed by atoms with Gasteiger partial charge in [0.1, 0.15) is 6.10 Å². The minimum atomic E-state index is -0.291. The predicted octanol–water partition coefficient (Wildman–Crippen LogP) is 2.96. The van der Waals surface area contributed by atoms with Crippen molar-refractivity contribution in [3.63, 3.8) is 0 Å². The van der Waals surface area contributed by atoms with Crippen LogP contribution in [0.4, 0.5) is 4.79 Å². The maximum Gasteiger partial charge on any atom is 0.407 e. The average molecular weight is 257 g/mol. The Kier molecular flexibility index (Phi) is 5.93. The van der Waals surface area contributed by atoms with E-state index >= 15 is 0 Å². The molecule has 1 saturated carbocycles. The van der Waals surface area contributed by atoms with Crippen molar-refractivity contribution in [2.75, 3.05) is 20.3 Å². The van der Waals surface area contributed by atoms with Gasteiger partial charge in [-0.2, -0.15) is 0 Å². The lowest BCUT2D eigenvalue weighted by atomic mass is 9.71. The maximum atomic E-state index is 11.6. The fraction of sp³-hybridized carbons (Fsp3) is 0.929. The lowest BCUT2D eigenvalue weighted by Crippen LogP contribution is -2.37. The molecule has 1 fully saturated rings. The molecule has 1 aliphatic carbocycles. The number of rotatable bonds is 5. The van der Waals surface area contributed by atoms with Crippen LogP contribution in [0.5, 0.6) is 0 Å². The van der Waals surface area contributed by atoms with Gasteiger partial charge in [0.25, 0.3) is 0 Å². The number of hydrogen-bond acceptors (Lipinski definition) is 3. The van der Waals surface area contributed by atoms with E-state index < -0.39 is 0 Å². The summed E-state index contributed by atoms with van der Waals surface area (Å²) >= 11 is 0. The number of carbonyl (C=O) groups is 1. The van der Waals surface area contributed by atoms with Crippen molar-refractivity contribution in [1.29, 1.82) is 0 Å². The molecule has 18 heavy (non-hydrogen) atoms. The predicted molar refractivity (Wildman–Crippen MR) is 71.6 cm³/mol. The van der Waals surface area contributed by atoms with Gasteiger partial charge in [-0.25, -0.2) is 4.79 Å². The molecule has 0 radical (unpaired) electrons. The van der Waals surface area contributed by atoms with Crippen LogP contribution in [0.3, 0.4) is 0 Å². The van der Waals surface area contributed by atoms with Crippen molar-refractivity contribution in [2.24, 2.45) is 11.3 Å². The normalized spacial score (nSPS) is 26.7. The second-order valence-corrected chi connectivity index (χ2v) is 6.21. The molecule has 1 N–H and O–H groups in total. The van der Waals surface area contributed by atoms with E-state index in [-0.39, 0.29) is 17.6 Å². The molecule has 0 heterocycles. The summed E-state index contributed by atoms with van der Waals surface area (Å²) in [5.74, 6) is 0.625. The zero-order valence-electron chi connectivity index (χ0n) is 12.1. The Balaban J connectivity index is 2.26.